The van der Waals surface area contributed by atoms with Gasteiger partial charge in [-0.1, -0.05) is 6.07 Å². The number of esters is 1. The van der Waals surface area contributed by atoms with Crippen molar-refractivity contribution in [3.63, 3.8) is 0 Å². The first-order valence-electron chi connectivity index (χ1n) is 10.9. The number of hydrogen-bond acceptors (Lipinski definition) is 10. The number of phenols is 1. The van der Waals surface area contributed by atoms with E-state index in [0.717, 1.165) is 0 Å². The van der Waals surface area contributed by atoms with Crippen LogP contribution in [0.5, 0.6) is 23.0 Å². The minimum Gasteiger partial charge on any atom is -0.504 e. The van der Waals surface area contributed by atoms with E-state index in [9.17, 15) is 14.7 Å². The highest BCUT2D eigenvalue weighted by Gasteiger charge is 2.42. The number of rotatable bonds is 9. The SMILES string of the molecule is CCOC(=O)c1c(OC)c(O)c2c(c1-c1ccc(OC)c(OC)c1)C(OC)=C(OC)C(OC)C2=C=O. The summed E-state index contributed by atoms with van der Waals surface area (Å²) in [5, 5.41) is 11.3. The number of ether oxygens (including phenoxy) is 7. The van der Waals surface area contributed by atoms with Gasteiger partial charge in [0.15, 0.2) is 40.6 Å². The zero-order valence-electron chi connectivity index (χ0n) is 21.1. The maximum absolute atomic E-state index is 13.3. The third-order valence-electron chi connectivity index (χ3n) is 5.78. The quantitative estimate of drug-likeness (QED) is 0.405. The molecular weight excluding hydrogens is 472 g/mol. The second kappa shape index (κ2) is 11.1. The van der Waals surface area contributed by atoms with Crippen molar-refractivity contribution in [2.45, 2.75) is 13.0 Å². The van der Waals surface area contributed by atoms with Crippen LogP contribution in [0.2, 0.25) is 0 Å². The van der Waals surface area contributed by atoms with Gasteiger partial charge in [0.1, 0.15) is 11.5 Å². The van der Waals surface area contributed by atoms with E-state index in [2.05, 4.69) is 0 Å². The van der Waals surface area contributed by atoms with E-state index in [-0.39, 0.29) is 51.7 Å². The first-order valence-corrected chi connectivity index (χ1v) is 10.9. The summed E-state index contributed by atoms with van der Waals surface area (Å²) < 4.78 is 38.4. The highest BCUT2D eigenvalue weighted by Crippen LogP contribution is 2.53. The monoisotopic (exact) mass is 500 g/mol. The number of carbonyl (C=O) groups is 1. The number of methoxy groups -OCH3 is 6. The van der Waals surface area contributed by atoms with E-state index in [1.165, 1.54) is 42.7 Å². The van der Waals surface area contributed by atoms with Crippen LogP contribution in [0.15, 0.2) is 24.0 Å². The Morgan fingerprint density at radius 1 is 0.917 bits per heavy atom. The molecule has 0 saturated heterocycles. The Morgan fingerprint density at radius 3 is 2.11 bits per heavy atom. The van der Waals surface area contributed by atoms with E-state index >= 15 is 0 Å². The number of fused-ring (bicyclic) bond motifs is 1. The van der Waals surface area contributed by atoms with E-state index in [4.69, 9.17) is 33.2 Å². The van der Waals surface area contributed by atoms with Crippen molar-refractivity contribution in [2.24, 2.45) is 0 Å². The molecule has 1 N–H and O–H groups in total. The molecule has 10 nitrogen and oxygen atoms in total. The van der Waals surface area contributed by atoms with Crippen molar-refractivity contribution in [1.82, 2.24) is 0 Å². The normalized spacial score (nSPS) is 14.5. The number of benzene rings is 2. The first kappa shape index (κ1) is 26.5. The van der Waals surface area contributed by atoms with Gasteiger partial charge < -0.3 is 38.3 Å². The maximum atomic E-state index is 13.3. The summed E-state index contributed by atoms with van der Waals surface area (Å²) in [5.41, 5.74) is 0.745. The molecule has 1 atom stereocenters. The molecule has 0 fully saturated rings. The van der Waals surface area contributed by atoms with Gasteiger partial charge in [-0.3, -0.25) is 0 Å². The summed E-state index contributed by atoms with van der Waals surface area (Å²) in [6.07, 6.45) is -1.04. The smallest absolute Gasteiger partial charge is 0.342 e. The fourth-order valence-electron chi connectivity index (χ4n) is 4.32. The lowest BCUT2D eigenvalue weighted by molar-refractivity contribution is 0.0522. The predicted octanol–water partition coefficient (Wildman–Crippen LogP) is 3.47. The summed E-state index contributed by atoms with van der Waals surface area (Å²) in [5.74, 6) is 1.50. The molecule has 3 rings (SSSR count). The predicted molar refractivity (Wildman–Crippen MR) is 130 cm³/mol. The molecule has 0 aromatic heterocycles. The van der Waals surface area contributed by atoms with Crippen LogP contribution in [0.3, 0.4) is 0 Å². The summed E-state index contributed by atoms with van der Waals surface area (Å²) in [7, 11) is 8.41. The van der Waals surface area contributed by atoms with Gasteiger partial charge in [-0.2, -0.15) is 0 Å². The molecule has 2 aromatic carbocycles. The van der Waals surface area contributed by atoms with Gasteiger partial charge in [0, 0.05) is 23.8 Å². The topological polar surface area (TPSA) is 119 Å². The molecule has 0 spiro atoms. The lowest BCUT2D eigenvalue weighted by Crippen LogP contribution is -2.26. The summed E-state index contributed by atoms with van der Waals surface area (Å²) >= 11 is 0. The average Bonchev–Trinajstić information content (AvgIpc) is 2.90. The van der Waals surface area contributed by atoms with Crippen molar-refractivity contribution in [3.8, 4) is 34.1 Å². The van der Waals surface area contributed by atoms with E-state index in [1.54, 1.807) is 25.1 Å². The third kappa shape index (κ3) is 4.10. The first-order chi connectivity index (χ1) is 17.4. The molecular formula is C26H28O10. The van der Waals surface area contributed by atoms with Crippen LogP contribution in [-0.2, 0) is 23.7 Å². The minimum atomic E-state index is -1.04. The average molecular weight is 501 g/mol. The Hall–Kier alpha value is -4.14. The van der Waals surface area contributed by atoms with Crippen LogP contribution >= 0.6 is 0 Å². The van der Waals surface area contributed by atoms with Gasteiger partial charge in [-0.25, -0.2) is 9.59 Å². The van der Waals surface area contributed by atoms with Crippen molar-refractivity contribution >= 4 is 23.2 Å². The van der Waals surface area contributed by atoms with Gasteiger partial charge in [0.05, 0.1) is 47.7 Å². The molecule has 1 unspecified atom stereocenters. The lowest BCUT2D eigenvalue weighted by Gasteiger charge is -2.31. The zero-order valence-corrected chi connectivity index (χ0v) is 21.1. The lowest BCUT2D eigenvalue weighted by atomic mass is 9.80. The second-order valence-electron chi connectivity index (χ2n) is 7.41. The standard InChI is InChI=1S/C26H28O10/c1-8-36-26(29)20-17(13-9-10-15(30-2)16(11-13)31-3)19-18(21(28)23(20)33-5)14(12-27)22(32-4)25(35-7)24(19)34-6/h9-11,22,28H,8H2,1-7H3. The molecule has 0 saturated carbocycles. The zero-order chi connectivity index (χ0) is 26.6. The van der Waals surface area contributed by atoms with Gasteiger partial charge >= 0.3 is 5.97 Å². The van der Waals surface area contributed by atoms with Crippen LogP contribution in [0.1, 0.15) is 28.4 Å². The molecule has 192 valence electrons. The van der Waals surface area contributed by atoms with Crippen molar-refractivity contribution in [1.29, 1.82) is 0 Å². The Kier molecular flexibility index (Phi) is 8.14. The van der Waals surface area contributed by atoms with Crippen LogP contribution in [-0.4, -0.2) is 72.4 Å². The highest BCUT2D eigenvalue weighted by atomic mass is 16.5. The second-order valence-corrected chi connectivity index (χ2v) is 7.41. The van der Waals surface area contributed by atoms with Crippen LogP contribution in [0, 0.1) is 0 Å². The molecule has 1 aliphatic rings. The van der Waals surface area contributed by atoms with Gasteiger partial charge in [-0.05, 0) is 24.6 Å². The molecule has 0 amide bonds. The molecule has 0 bridgehead atoms. The van der Waals surface area contributed by atoms with Crippen molar-refractivity contribution in [2.75, 3.05) is 49.3 Å². The van der Waals surface area contributed by atoms with E-state index in [1.807, 2.05) is 5.94 Å². The molecule has 0 heterocycles. The Balaban J connectivity index is 2.66. The summed E-state index contributed by atoms with van der Waals surface area (Å²) in [4.78, 5) is 25.5. The molecule has 36 heavy (non-hydrogen) atoms. The Labute approximate surface area is 208 Å². The van der Waals surface area contributed by atoms with E-state index in [0.29, 0.717) is 17.1 Å². The molecule has 0 radical (unpaired) electrons. The van der Waals surface area contributed by atoms with Gasteiger partial charge in [-0.15, -0.1) is 0 Å². The number of phenolic OH excluding ortho intramolecular Hbond substituents is 1. The molecule has 10 heteroatoms. The fourth-order valence-corrected chi connectivity index (χ4v) is 4.32. The Bertz CT molecular complexity index is 1250. The summed E-state index contributed by atoms with van der Waals surface area (Å²) in [6.45, 7) is 1.71. The largest absolute Gasteiger partial charge is 0.504 e. The number of hydrogen-bond donors (Lipinski definition) is 1. The fraction of sp³-hybridized carbons (Fsp3) is 0.346. The van der Waals surface area contributed by atoms with Crippen molar-refractivity contribution < 1.29 is 47.9 Å². The van der Waals surface area contributed by atoms with Crippen LogP contribution < -0.4 is 14.2 Å². The number of aromatic hydroxyl groups is 1. The van der Waals surface area contributed by atoms with Crippen molar-refractivity contribution in [3.05, 3.63) is 40.6 Å². The summed E-state index contributed by atoms with van der Waals surface area (Å²) in [6, 6.07) is 4.97. The maximum Gasteiger partial charge on any atom is 0.342 e. The molecule has 1 aliphatic carbocycles. The van der Waals surface area contributed by atoms with Gasteiger partial charge in [0.2, 0.25) is 0 Å². The third-order valence-corrected chi connectivity index (χ3v) is 5.78. The Morgan fingerprint density at radius 2 is 1.61 bits per heavy atom. The van der Waals surface area contributed by atoms with Crippen LogP contribution in [0.4, 0.5) is 0 Å². The highest BCUT2D eigenvalue weighted by molar-refractivity contribution is 6.11. The van der Waals surface area contributed by atoms with Gasteiger partial charge in [0.25, 0.3) is 0 Å². The molecule has 0 aliphatic heterocycles. The van der Waals surface area contributed by atoms with E-state index < -0.39 is 17.8 Å². The molecule has 2 aromatic rings. The minimum absolute atomic E-state index is 0.0178. The number of carbonyl (C=O) groups excluding carboxylic acids is 2. The van der Waals surface area contributed by atoms with Crippen LogP contribution in [0.25, 0.3) is 22.5 Å².